The van der Waals surface area contributed by atoms with Crippen molar-refractivity contribution in [3.05, 3.63) is 0 Å². The Morgan fingerprint density at radius 3 is 2.28 bits per heavy atom. The summed E-state index contributed by atoms with van der Waals surface area (Å²) in [6.45, 7) is 0.881. The van der Waals surface area contributed by atoms with Crippen LogP contribution < -0.4 is 5.73 Å². The summed E-state index contributed by atoms with van der Waals surface area (Å²) in [7, 11) is 0. The zero-order valence-corrected chi connectivity index (χ0v) is 10.7. The van der Waals surface area contributed by atoms with Crippen molar-refractivity contribution in [1.82, 2.24) is 4.90 Å². The van der Waals surface area contributed by atoms with E-state index in [9.17, 15) is 18.0 Å². The van der Waals surface area contributed by atoms with Crippen LogP contribution in [0.3, 0.4) is 0 Å². The Kier molecular flexibility index (Phi) is 5.01. The number of carbonyl (C=O) groups is 1. The van der Waals surface area contributed by atoms with Crippen LogP contribution in [0, 0.1) is 5.41 Å². The highest BCUT2D eigenvalue weighted by molar-refractivity contribution is 5.83. The van der Waals surface area contributed by atoms with E-state index in [1.54, 1.807) is 6.92 Å². The number of halogens is 3. The van der Waals surface area contributed by atoms with E-state index < -0.39 is 24.0 Å². The zero-order valence-electron chi connectivity index (χ0n) is 10.7. The van der Waals surface area contributed by atoms with Crippen LogP contribution in [0.25, 0.3) is 0 Å². The van der Waals surface area contributed by atoms with Gasteiger partial charge in [0.1, 0.15) is 6.54 Å². The maximum atomic E-state index is 12.5. The first-order valence-corrected chi connectivity index (χ1v) is 6.41. The Labute approximate surface area is 106 Å². The van der Waals surface area contributed by atoms with Crippen LogP contribution in [0.4, 0.5) is 13.2 Å². The second-order valence-corrected chi connectivity index (χ2v) is 5.03. The first-order chi connectivity index (χ1) is 8.34. The van der Waals surface area contributed by atoms with Gasteiger partial charge in [0, 0.05) is 13.1 Å². The summed E-state index contributed by atoms with van der Waals surface area (Å²) in [6, 6.07) is 0. The topological polar surface area (TPSA) is 46.3 Å². The molecular weight excluding hydrogens is 245 g/mol. The molecule has 1 aliphatic rings. The van der Waals surface area contributed by atoms with Gasteiger partial charge in [-0.05, 0) is 19.3 Å². The molecule has 0 aromatic rings. The molecule has 1 rings (SSSR count). The number of amides is 1. The minimum absolute atomic E-state index is 0.139. The van der Waals surface area contributed by atoms with Gasteiger partial charge in [-0.2, -0.15) is 13.2 Å². The van der Waals surface area contributed by atoms with Crippen molar-refractivity contribution < 1.29 is 18.0 Å². The molecule has 1 saturated carbocycles. The van der Waals surface area contributed by atoms with E-state index in [4.69, 9.17) is 5.73 Å². The molecule has 0 spiro atoms. The molecule has 0 aromatic carbocycles. The van der Waals surface area contributed by atoms with Crippen molar-refractivity contribution in [2.75, 3.05) is 19.6 Å². The number of nitrogens with two attached hydrogens (primary N) is 1. The number of hydrogen-bond donors (Lipinski definition) is 1. The first kappa shape index (κ1) is 15.3. The van der Waals surface area contributed by atoms with Gasteiger partial charge in [-0.15, -0.1) is 0 Å². The molecule has 0 aliphatic heterocycles. The highest BCUT2D eigenvalue weighted by Gasteiger charge is 2.44. The molecule has 0 bridgehead atoms. The fraction of sp³-hybridized carbons (Fsp3) is 0.917. The average molecular weight is 266 g/mol. The largest absolute Gasteiger partial charge is 0.406 e. The SMILES string of the molecule is CCCN(CC(F)(F)F)C(=O)C1(CN)CCCC1. The summed E-state index contributed by atoms with van der Waals surface area (Å²) in [4.78, 5) is 13.2. The summed E-state index contributed by atoms with van der Waals surface area (Å²) >= 11 is 0. The van der Waals surface area contributed by atoms with Crippen LogP contribution >= 0.6 is 0 Å². The van der Waals surface area contributed by atoms with Crippen LogP contribution in [-0.4, -0.2) is 36.6 Å². The smallest absolute Gasteiger partial charge is 0.333 e. The van der Waals surface area contributed by atoms with E-state index in [1.807, 2.05) is 0 Å². The summed E-state index contributed by atoms with van der Waals surface area (Å²) in [5.74, 6) is -0.415. The van der Waals surface area contributed by atoms with E-state index in [1.165, 1.54) is 0 Å². The van der Waals surface area contributed by atoms with Crippen LogP contribution in [0.2, 0.25) is 0 Å². The fourth-order valence-corrected chi connectivity index (χ4v) is 2.63. The van der Waals surface area contributed by atoms with Gasteiger partial charge in [0.15, 0.2) is 0 Å². The molecule has 0 aromatic heterocycles. The predicted molar refractivity (Wildman–Crippen MR) is 62.9 cm³/mol. The van der Waals surface area contributed by atoms with Crippen molar-refractivity contribution in [3.8, 4) is 0 Å². The van der Waals surface area contributed by atoms with Crippen molar-refractivity contribution >= 4 is 5.91 Å². The normalized spacial score (nSPS) is 18.9. The molecule has 6 heteroatoms. The summed E-state index contributed by atoms with van der Waals surface area (Å²) in [5.41, 5.74) is 4.89. The quantitative estimate of drug-likeness (QED) is 0.830. The highest BCUT2D eigenvalue weighted by atomic mass is 19.4. The molecule has 3 nitrogen and oxygen atoms in total. The Morgan fingerprint density at radius 2 is 1.89 bits per heavy atom. The maximum Gasteiger partial charge on any atom is 0.406 e. The molecule has 2 N–H and O–H groups in total. The van der Waals surface area contributed by atoms with E-state index in [0.29, 0.717) is 19.3 Å². The summed E-state index contributed by atoms with van der Waals surface area (Å²) in [6.07, 6.45) is -0.869. The lowest BCUT2D eigenvalue weighted by atomic mass is 9.84. The number of hydrogen-bond acceptors (Lipinski definition) is 2. The van der Waals surface area contributed by atoms with Crippen LogP contribution in [0.15, 0.2) is 0 Å². The maximum absolute atomic E-state index is 12.5. The zero-order chi connectivity index (χ0) is 13.8. The van der Waals surface area contributed by atoms with E-state index >= 15 is 0 Å². The average Bonchev–Trinajstić information content (AvgIpc) is 2.75. The van der Waals surface area contributed by atoms with Crippen molar-refractivity contribution in [2.24, 2.45) is 11.1 Å². The van der Waals surface area contributed by atoms with Crippen molar-refractivity contribution in [1.29, 1.82) is 0 Å². The van der Waals surface area contributed by atoms with Crippen LogP contribution in [0.1, 0.15) is 39.0 Å². The Bertz CT molecular complexity index is 286. The molecule has 1 fully saturated rings. The van der Waals surface area contributed by atoms with Crippen LogP contribution in [-0.2, 0) is 4.79 Å². The lowest BCUT2D eigenvalue weighted by Gasteiger charge is -2.33. The minimum Gasteiger partial charge on any atom is -0.333 e. The number of nitrogens with zero attached hydrogens (tertiary/aromatic N) is 1. The predicted octanol–water partition coefficient (Wildman–Crippen LogP) is 2.31. The number of alkyl halides is 3. The van der Waals surface area contributed by atoms with E-state index in [0.717, 1.165) is 17.7 Å². The van der Waals surface area contributed by atoms with Gasteiger partial charge in [0.2, 0.25) is 5.91 Å². The van der Waals surface area contributed by atoms with Gasteiger partial charge in [-0.1, -0.05) is 19.8 Å². The highest BCUT2D eigenvalue weighted by Crippen LogP contribution is 2.39. The Balaban J connectivity index is 2.81. The molecule has 0 radical (unpaired) electrons. The standard InChI is InChI=1S/C12H21F3N2O/c1-2-7-17(9-12(13,14)15)10(18)11(8-16)5-3-4-6-11/h2-9,16H2,1H3. The van der Waals surface area contributed by atoms with Gasteiger partial charge in [0.05, 0.1) is 5.41 Å². The summed E-state index contributed by atoms with van der Waals surface area (Å²) < 4.78 is 37.4. The third-order valence-corrected chi connectivity index (χ3v) is 3.56. The molecule has 0 heterocycles. The molecule has 1 amide bonds. The monoisotopic (exact) mass is 266 g/mol. The molecule has 106 valence electrons. The second kappa shape index (κ2) is 5.91. The van der Waals surface area contributed by atoms with E-state index in [2.05, 4.69) is 0 Å². The third-order valence-electron chi connectivity index (χ3n) is 3.56. The fourth-order valence-electron chi connectivity index (χ4n) is 2.63. The molecule has 18 heavy (non-hydrogen) atoms. The molecule has 0 saturated heterocycles. The number of rotatable bonds is 5. The van der Waals surface area contributed by atoms with Crippen LogP contribution in [0.5, 0.6) is 0 Å². The lowest BCUT2D eigenvalue weighted by Crippen LogP contribution is -2.49. The third kappa shape index (κ3) is 3.60. The minimum atomic E-state index is -4.35. The van der Waals surface area contributed by atoms with Crippen molar-refractivity contribution in [2.45, 2.75) is 45.2 Å². The Morgan fingerprint density at radius 1 is 1.33 bits per heavy atom. The van der Waals surface area contributed by atoms with Gasteiger partial charge in [0.25, 0.3) is 0 Å². The lowest BCUT2D eigenvalue weighted by molar-refractivity contribution is -0.167. The molecular formula is C12H21F3N2O. The first-order valence-electron chi connectivity index (χ1n) is 6.41. The van der Waals surface area contributed by atoms with Crippen molar-refractivity contribution in [3.63, 3.8) is 0 Å². The van der Waals surface area contributed by atoms with Gasteiger partial charge in [-0.3, -0.25) is 4.79 Å². The van der Waals surface area contributed by atoms with E-state index in [-0.39, 0.29) is 13.1 Å². The molecule has 0 unspecified atom stereocenters. The number of carbonyl (C=O) groups excluding carboxylic acids is 1. The molecule has 0 atom stereocenters. The van der Waals surface area contributed by atoms with Gasteiger partial charge < -0.3 is 10.6 Å². The summed E-state index contributed by atoms with van der Waals surface area (Å²) in [5, 5.41) is 0. The van der Waals surface area contributed by atoms with Gasteiger partial charge >= 0.3 is 6.18 Å². The molecule has 1 aliphatic carbocycles. The second-order valence-electron chi connectivity index (χ2n) is 5.03. The van der Waals surface area contributed by atoms with Gasteiger partial charge in [-0.25, -0.2) is 0 Å². The Hall–Kier alpha value is -0.780.